The van der Waals surface area contributed by atoms with Crippen LogP contribution in [0.2, 0.25) is 0 Å². The molecule has 0 N–H and O–H groups in total. The predicted molar refractivity (Wildman–Crippen MR) is 192 cm³/mol. The van der Waals surface area contributed by atoms with Crippen molar-refractivity contribution in [1.29, 1.82) is 0 Å². The van der Waals surface area contributed by atoms with E-state index < -0.39 is 0 Å². The molecule has 0 bridgehead atoms. The van der Waals surface area contributed by atoms with Crippen LogP contribution >= 0.6 is 9.64 Å². The molecule has 0 aliphatic carbocycles. The summed E-state index contributed by atoms with van der Waals surface area (Å²) in [6.07, 6.45) is 12.5. The van der Waals surface area contributed by atoms with Gasteiger partial charge in [0, 0.05) is 43.7 Å². The second-order valence-electron chi connectivity index (χ2n) is 10.0. The molecule has 0 spiro atoms. The van der Waals surface area contributed by atoms with Gasteiger partial charge in [0.15, 0.2) is 0 Å². The number of hydrogen-bond donors (Lipinski definition) is 0. The van der Waals surface area contributed by atoms with Gasteiger partial charge < -0.3 is 23.5 Å². The van der Waals surface area contributed by atoms with Crippen molar-refractivity contribution in [3.8, 4) is 22.8 Å². The van der Waals surface area contributed by atoms with Crippen LogP contribution in [0, 0.1) is 0 Å². The van der Waals surface area contributed by atoms with Gasteiger partial charge >= 0.3 is 27.2 Å². The Labute approximate surface area is 308 Å². The summed E-state index contributed by atoms with van der Waals surface area (Å²) in [6.45, 7) is 5.59. The van der Waals surface area contributed by atoms with Crippen LogP contribution in [0.25, 0.3) is 22.8 Å². The van der Waals surface area contributed by atoms with E-state index in [4.69, 9.17) is 18.9 Å². The molecule has 0 unspecified atom stereocenters. The molecule has 5 aromatic heterocycles. The molecule has 0 amide bonds. The molecule has 10 nitrogen and oxygen atoms in total. The zero-order chi connectivity index (χ0) is 35.2. The first-order chi connectivity index (χ1) is 24.9. The standard InChI is InChI=1S/C18H26N2O4.2C10H8N2.ClH.Os/c1-2-4-18(5-3-1)16-24-15-14-23-13-12-22-11-10-21-9-8-20-7-6-19-17-20;2*1-3-7-11-9(5-1)10-6-2-4-8-12-10;;/h1-7,17H,8-16H2;2*1-8H;1H;/q;;;;+1/p-1. The SMILES string of the molecule is [Cl][Os].c1ccc(-c2ccccn2)nc1.c1ccc(-c2ccccn2)nc1.c1ccc(COCCOCCOCCOCCn2ccnc2)cc1. The van der Waals surface area contributed by atoms with Crippen molar-refractivity contribution in [3.63, 3.8) is 0 Å². The van der Waals surface area contributed by atoms with Crippen LogP contribution in [0.5, 0.6) is 0 Å². The van der Waals surface area contributed by atoms with Crippen molar-refractivity contribution < 1.29 is 36.5 Å². The zero-order valence-electron chi connectivity index (χ0n) is 27.8. The maximum Gasteiger partial charge on any atom is 0.0946 e. The summed E-state index contributed by atoms with van der Waals surface area (Å²) in [5.74, 6) is 0. The molecule has 0 fully saturated rings. The molecular formula is C38H42ClN6O4Os. The van der Waals surface area contributed by atoms with E-state index in [0.29, 0.717) is 52.9 Å². The molecule has 1 aromatic carbocycles. The summed E-state index contributed by atoms with van der Waals surface area (Å²) in [6, 6.07) is 33.3. The minimum Gasteiger partial charge on any atom is -0.377 e. The zero-order valence-corrected chi connectivity index (χ0v) is 31.1. The third kappa shape index (κ3) is 18.0. The summed E-state index contributed by atoms with van der Waals surface area (Å²) in [7, 11) is 4.67. The summed E-state index contributed by atoms with van der Waals surface area (Å²) in [4.78, 5) is 20.7. The molecule has 6 aromatic rings. The molecule has 263 valence electrons. The molecule has 0 aliphatic rings. The number of ether oxygens (including phenoxy) is 4. The van der Waals surface area contributed by atoms with Crippen LogP contribution in [-0.2, 0) is 49.7 Å². The number of aromatic nitrogens is 6. The Morgan fingerprint density at radius 2 is 0.860 bits per heavy atom. The van der Waals surface area contributed by atoms with Gasteiger partial charge in [-0.3, -0.25) is 19.9 Å². The van der Waals surface area contributed by atoms with Gasteiger partial charge in [-0.05, 0) is 54.1 Å². The Bertz CT molecular complexity index is 1450. The molecule has 50 heavy (non-hydrogen) atoms. The maximum atomic E-state index is 5.53. The molecule has 12 heteroatoms. The van der Waals surface area contributed by atoms with Gasteiger partial charge in [0.1, 0.15) is 0 Å². The molecule has 5 heterocycles. The van der Waals surface area contributed by atoms with Gasteiger partial charge in [0.05, 0.1) is 82.0 Å². The second-order valence-corrected chi connectivity index (χ2v) is 10.0. The Balaban J connectivity index is 0.000000217. The van der Waals surface area contributed by atoms with Crippen LogP contribution in [0.1, 0.15) is 5.56 Å². The van der Waals surface area contributed by atoms with Gasteiger partial charge in [-0.1, -0.05) is 54.6 Å². The monoisotopic (exact) mass is 873 g/mol. The summed E-state index contributed by atoms with van der Waals surface area (Å²) >= 11 is 1.33. The van der Waals surface area contributed by atoms with E-state index in [0.717, 1.165) is 29.3 Å². The van der Waals surface area contributed by atoms with Crippen molar-refractivity contribution in [2.75, 3.05) is 46.2 Å². The van der Waals surface area contributed by atoms with Crippen LogP contribution in [0.3, 0.4) is 0 Å². The molecule has 0 radical (unpaired) electrons. The topological polar surface area (TPSA) is 106 Å². The van der Waals surface area contributed by atoms with E-state index >= 15 is 0 Å². The van der Waals surface area contributed by atoms with Gasteiger partial charge in [0.25, 0.3) is 0 Å². The Kier molecular flexibility index (Phi) is 22.2. The molecule has 6 rings (SSSR count). The Morgan fingerprint density at radius 1 is 0.460 bits per heavy atom. The number of nitrogens with zero attached hydrogens (tertiary/aromatic N) is 6. The summed E-state index contributed by atoms with van der Waals surface area (Å²) in [5.41, 5.74) is 4.83. The number of halogens is 1. The number of pyridine rings is 4. The number of rotatable bonds is 16. The van der Waals surface area contributed by atoms with E-state index in [9.17, 15) is 0 Å². The van der Waals surface area contributed by atoms with Crippen molar-refractivity contribution in [3.05, 3.63) is 152 Å². The number of benzene rings is 1. The average Bonchev–Trinajstić information content (AvgIpc) is 3.73. The maximum absolute atomic E-state index is 5.53. The minimum absolute atomic E-state index is 0.573. The fourth-order valence-corrected chi connectivity index (χ4v) is 4.07. The molecule has 0 saturated carbocycles. The summed E-state index contributed by atoms with van der Waals surface area (Å²) < 4.78 is 23.9. The van der Waals surface area contributed by atoms with Crippen LogP contribution in [-0.4, -0.2) is 75.7 Å². The average molecular weight is 872 g/mol. The summed E-state index contributed by atoms with van der Waals surface area (Å²) in [5, 5.41) is 0. The van der Waals surface area contributed by atoms with Gasteiger partial charge in [-0.15, -0.1) is 0 Å². The minimum atomic E-state index is 0.573. The van der Waals surface area contributed by atoms with E-state index in [2.05, 4.69) is 34.6 Å². The van der Waals surface area contributed by atoms with Gasteiger partial charge in [-0.25, -0.2) is 4.98 Å². The fourth-order valence-electron chi connectivity index (χ4n) is 4.07. The van der Waals surface area contributed by atoms with Gasteiger partial charge in [-0.2, -0.15) is 0 Å². The molecule has 0 aliphatic heterocycles. The number of imidazole rings is 1. The largest absolute Gasteiger partial charge is 0.377 e. The Hall–Kier alpha value is -4.20. The predicted octanol–water partition coefficient (Wildman–Crippen LogP) is 7.12. The van der Waals surface area contributed by atoms with Crippen LogP contribution in [0.4, 0.5) is 0 Å². The molecular weight excluding hydrogens is 830 g/mol. The van der Waals surface area contributed by atoms with Gasteiger partial charge in [0.2, 0.25) is 0 Å². The van der Waals surface area contributed by atoms with Crippen LogP contribution < -0.4 is 0 Å². The Morgan fingerprint density at radius 3 is 1.24 bits per heavy atom. The first kappa shape index (κ1) is 40.2. The third-order valence-corrected chi connectivity index (χ3v) is 6.47. The van der Waals surface area contributed by atoms with Crippen molar-refractivity contribution in [2.24, 2.45) is 0 Å². The first-order valence-corrected chi connectivity index (χ1v) is 19.1. The van der Waals surface area contributed by atoms with Crippen molar-refractivity contribution >= 4 is 9.64 Å². The second kappa shape index (κ2) is 27.6. The third-order valence-electron chi connectivity index (χ3n) is 6.47. The quantitative estimate of drug-likeness (QED) is 0.0941. The van der Waals surface area contributed by atoms with E-state index in [1.807, 2.05) is 114 Å². The van der Waals surface area contributed by atoms with Crippen molar-refractivity contribution in [2.45, 2.75) is 13.2 Å². The number of hydrogen-bond acceptors (Lipinski definition) is 9. The molecule has 0 atom stereocenters. The van der Waals surface area contributed by atoms with Crippen molar-refractivity contribution in [1.82, 2.24) is 29.5 Å². The van der Waals surface area contributed by atoms with Crippen LogP contribution in [0.15, 0.2) is 147 Å². The molecule has 0 saturated heterocycles. The van der Waals surface area contributed by atoms with E-state index in [-0.39, 0.29) is 0 Å². The smallest absolute Gasteiger partial charge is 0.0946 e. The first-order valence-electron chi connectivity index (χ1n) is 16.0. The van der Waals surface area contributed by atoms with E-state index in [1.165, 1.54) is 23.2 Å². The normalized spacial score (nSPS) is 10.0. The fraction of sp³-hybridized carbons (Fsp3) is 0.237. The van der Waals surface area contributed by atoms with E-state index in [1.54, 1.807) is 37.3 Å².